The molecular formula is C31H52N10O5S. The Morgan fingerprint density at radius 2 is 1.53 bits per heavy atom. The lowest BCUT2D eigenvalue weighted by molar-refractivity contribution is -0.142. The fraction of sp³-hybridized carbons (Fsp3) is 0.548. The SMILES string of the molecule is CCNC(CCCN=C(N)N)C(=O)NC(C/C(=C/N(C)C=S)NC)C(=O)NC(CCCCN)C(=O)NC(Cc1ccccc1)C(=O)O. The second-order valence-electron chi connectivity index (χ2n) is 10.9. The molecule has 0 aliphatic rings. The number of unbranched alkanes of at least 4 members (excludes halogenated alkanes) is 1. The Labute approximate surface area is 282 Å². The molecule has 0 aliphatic carbocycles. The zero-order chi connectivity index (χ0) is 35.2. The first-order chi connectivity index (χ1) is 22.4. The summed E-state index contributed by atoms with van der Waals surface area (Å²) in [6, 6.07) is 4.85. The largest absolute Gasteiger partial charge is 0.480 e. The number of carbonyl (C=O) groups is 4. The third-order valence-corrected chi connectivity index (χ3v) is 7.43. The molecule has 47 heavy (non-hydrogen) atoms. The van der Waals surface area contributed by atoms with E-state index >= 15 is 0 Å². The first kappa shape index (κ1) is 40.7. The monoisotopic (exact) mass is 676 g/mol. The predicted octanol–water partition coefficient (Wildman–Crippen LogP) is -0.731. The highest BCUT2D eigenvalue weighted by Gasteiger charge is 2.31. The number of thiocarbonyl (C=S) groups is 1. The maximum atomic E-state index is 13.8. The molecule has 0 radical (unpaired) electrons. The molecule has 1 aromatic carbocycles. The zero-order valence-electron chi connectivity index (χ0n) is 27.5. The zero-order valence-corrected chi connectivity index (χ0v) is 28.4. The van der Waals surface area contributed by atoms with Gasteiger partial charge in [0.15, 0.2) is 5.96 Å². The number of hydrogen-bond donors (Lipinski definition) is 9. The minimum atomic E-state index is -1.22. The normalized spacial score (nSPS) is 13.7. The summed E-state index contributed by atoms with van der Waals surface area (Å²) >= 11 is 4.99. The van der Waals surface area contributed by atoms with Gasteiger partial charge in [0, 0.05) is 45.4 Å². The van der Waals surface area contributed by atoms with Crippen LogP contribution in [0.4, 0.5) is 0 Å². The lowest BCUT2D eigenvalue weighted by Gasteiger charge is -2.27. The molecule has 4 unspecified atom stereocenters. The molecule has 16 heteroatoms. The number of likely N-dealkylation sites (N-methyl/N-ethyl adjacent to an activating group) is 1. The van der Waals surface area contributed by atoms with Crippen molar-refractivity contribution in [3.05, 3.63) is 47.8 Å². The summed E-state index contributed by atoms with van der Waals surface area (Å²) in [5.74, 6) is -2.95. The van der Waals surface area contributed by atoms with Crippen molar-refractivity contribution >= 4 is 47.4 Å². The van der Waals surface area contributed by atoms with Gasteiger partial charge < -0.3 is 53.8 Å². The number of carbonyl (C=O) groups excluding carboxylic acids is 3. The van der Waals surface area contributed by atoms with Gasteiger partial charge in [-0.25, -0.2) is 4.79 Å². The molecule has 0 saturated heterocycles. The number of aliphatic imine (C=N–C) groups is 1. The molecule has 0 aromatic heterocycles. The van der Waals surface area contributed by atoms with E-state index in [0.29, 0.717) is 51.0 Å². The molecule has 15 nitrogen and oxygen atoms in total. The van der Waals surface area contributed by atoms with Crippen molar-refractivity contribution in [1.29, 1.82) is 0 Å². The van der Waals surface area contributed by atoms with Gasteiger partial charge >= 0.3 is 5.97 Å². The van der Waals surface area contributed by atoms with E-state index in [4.69, 9.17) is 29.4 Å². The van der Waals surface area contributed by atoms with Gasteiger partial charge in [-0.3, -0.25) is 19.4 Å². The van der Waals surface area contributed by atoms with Crippen LogP contribution in [0.3, 0.4) is 0 Å². The summed E-state index contributed by atoms with van der Waals surface area (Å²) in [6.07, 6.45) is 3.99. The quantitative estimate of drug-likeness (QED) is 0.0285. The lowest BCUT2D eigenvalue weighted by Crippen LogP contribution is -2.57. The number of nitrogens with zero attached hydrogens (tertiary/aromatic N) is 2. The van der Waals surface area contributed by atoms with Crippen molar-refractivity contribution in [1.82, 2.24) is 31.5 Å². The number of amides is 3. The van der Waals surface area contributed by atoms with Crippen LogP contribution in [0, 0.1) is 0 Å². The van der Waals surface area contributed by atoms with Gasteiger partial charge in [-0.2, -0.15) is 0 Å². The van der Waals surface area contributed by atoms with E-state index in [2.05, 4.69) is 31.6 Å². The van der Waals surface area contributed by atoms with Crippen LogP contribution in [0.1, 0.15) is 51.0 Å². The van der Waals surface area contributed by atoms with E-state index in [1.807, 2.05) is 13.0 Å². The van der Waals surface area contributed by atoms with E-state index in [9.17, 15) is 24.3 Å². The van der Waals surface area contributed by atoms with Crippen LogP contribution < -0.4 is 43.8 Å². The molecule has 0 heterocycles. The molecule has 3 amide bonds. The lowest BCUT2D eigenvalue weighted by atomic mass is 10.0. The number of carboxylic acids is 1. The highest BCUT2D eigenvalue weighted by molar-refractivity contribution is 7.78. The van der Waals surface area contributed by atoms with Crippen LogP contribution in [0.5, 0.6) is 0 Å². The Morgan fingerprint density at radius 3 is 2.11 bits per heavy atom. The molecule has 4 atom stereocenters. The number of carboxylic acid groups (broad SMARTS) is 1. The van der Waals surface area contributed by atoms with Gasteiger partial charge in [0.05, 0.1) is 11.5 Å². The standard InChI is InChI=1S/C31H52N10O5S/c1-4-36-23(14-10-16-37-31(33)34)27(42)39-25(18-22(35-2)19-41(3)20-47)29(44)38-24(13-8-9-15-32)28(43)40-26(30(45)46)17-21-11-6-5-7-12-21/h5-7,11-12,19-20,23-26,35-36H,4,8-10,13-18,32H2,1-3H3,(H,38,44)(H,39,42)(H,40,43)(H,45,46)(H4,33,34,37)/b22-19-. The van der Waals surface area contributed by atoms with E-state index in [-0.39, 0.29) is 25.2 Å². The fourth-order valence-corrected chi connectivity index (χ4v) is 4.69. The molecule has 1 aromatic rings. The van der Waals surface area contributed by atoms with Crippen molar-refractivity contribution in [3.63, 3.8) is 0 Å². The maximum absolute atomic E-state index is 13.8. The molecular weight excluding hydrogens is 624 g/mol. The summed E-state index contributed by atoms with van der Waals surface area (Å²) in [7, 11) is 3.40. The maximum Gasteiger partial charge on any atom is 0.326 e. The van der Waals surface area contributed by atoms with Crippen LogP contribution >= 0.6 is 12.2 Å². The van der Waals surface area contributed by atoms with Crippen molar-refractivity contribution in [2.24, 2.45) is 22.2 Å². The number of guanidine groups is 1. The molecule has 262 valence electrons. The minimum Gasteiger partial charge on any atom is -0.480 e. The summed E-state index contributed by atoms with van der Waals surface area (Å²) < 4.78 is 0. The number of nitrogens with two attached hydrogens (primary N) is 3. The molecule has 0 saturated carbocycles. The highest BCUT2D eigenvalue weighted by Crippen LogP contribution is 2.10. The summed E-state index contributed by atoms with van der Waals surface area (Å²) in [6.45, 7) is 3.07. The highest BCUT2D eigenvalue weighted by atomic mass is 32.1. The smallest absolute Gasteiger partial charge is 0.326 e. The van der Waals surface area contributed by atoms with Crippen molar-refractivity contribution in [2.45, 2.75) is 76.0 Å². The Morgan fingerprint density at radius 1 is 0.936 bits per heavy atom. The van der Waals surface area contributed by atoms with Gasteiger partial charge in [-0.05, 0) is 50.8 Å². The number of benzene rings is 1. The van der Waals surface area contributed by atoms with Gasteiger partial charge in [0.2, 0.25) is 17.7 Å². The first-order valence-electron chi connectivity index (χ1n) is 15.7. The number of rotatable bonds is 24. The Hall–Kier alpha value is -4.28. The van der Waals surface area contributed by atoms with Crippen LogP contribution in [-0.4, -0.2) is 103 Å². The van der Waals surface area contributed by atoms with Crippen molar-refractivity contribution < 1.29 is 24.3 Å². The van der Waals surface area contributed by atoms with E-state index in [1.54, 1.807) is 49.5 Å². The first-order valence-corrected chi connectivity index (χ1v) is 16.1. The summed E-state index contributed by atoms with van der Waals surface area (Å²) in [5, 5.41) is 24.2. The van der Waals surface area contributed by atoms with Gasteiger partial charge in [0.25, 0.3) is 0 Å². The predicted molar refractivity (Wildman–Crippen MR) is 187 cm³/mol. The molecule has 0 bridgehead atoms. The van der Waals surface area contributed by atoms with Crippen LogP contribution in [-0.2, 0) is 25.6 Å². The van der Waals surface area contributed by atoms with Crippen molar-refractivity contribution in [3.8, 4) is 0 Å². The minimum absolute atomic E-state index is 0.0390. The topological polar surface area (TPSA) is 242 Å². The Bertz CT molecular complexity index is 1200. The third kappa shape index (κ3) is 16.7. The summed E-state index contributed by atoms with van der Waals surface area (Å²) in [5.41, 5.74) is 19.2. The van der Waals surface area contributed by atoms with Crippen LogP contribution in [0.15, 0.2) is 47.2 Å². The van der Waals surface area contributed by atoms with Gasteiger partial charge in [-0.1, -0.05) is 49.5 Å². The van der Waals surface area contributed by atoms with Gasteiger partial charge in [-0.15, -0.1) is 0 Å². The van der Waals surface area contributed by atoms with Gasteiger partial charge in [0.1, 0.15) is 18.1 Å². The molecule has 12 N–H and O–H groups in total. The fourth-order valence-electron chi connectivity index (χ4n) is 4.63. The molecule has 0 aliphatic heterocycles. The second-order valence-corrected chi connectivity index (χ2v) is 11.1. The van der Waals surface area contributed by atoms with E-state index in [1.165, 1.54) is 5.49 Å². The molecule has 0 fully saturated rings. The average Bonchev–Trinajstić information content (AvgIpc) is 3.04. The Kier molecular flexibility index (Phi) is 20.0. The third-order valence-electron chi connectivity index (χ3n) is 7.09. The van der Waals surface area contributed by atoms with E-state index in [0.717, 1.165) is 5.56 Å². The number of nitrogens with one attached hydrogen (secondary N) is 5. The average molecular weight is 677 g/mol. The Balaban J connectivity index is 3.29. The number of hydrogen-bond acceptors (Lipinski definition) is 9. The summed E-state index contributed by atoms with van der Waals surface area (Å²) in [4.78, 5) is 58.5. The van der Waals surface area contributed by atoms with Crippen molar-refractivity contribution in [2.75, 3.05) is 33.7 Å². The van der Waals surface area contributed by atoms with E-state index < -0.39 is 47.9 Å². The molecule has 1 rings (SSSR count). The van der Waals surface area contributed by atoms with Crippen LogP contribution in [0.25, 0.3) is 0 Å². The number of aliphatic carboxylic acids is 1. The second kappa shape index (κ2) is 23.1. The van der Waals surface area contributed by atoms with Crippen LogP contribution in [0.2, 0.25) is 0 Å². The molecule has 0 spiro atoms.